The molecule has 1 saturated heterocycles. The number of rotatable bonds is 1. The zero-order valence-electron chi connectivity index (χ0n) is 14.0. The maximum absolute atomic E-state index is 14.5. The molecule has 23 heavy (non-hydrogen) atoms. The van der Waals surface area contributed by atoms with E-state index < -0.39 is 0 Å². The number of aromatic nitrogens is 2. The first-order valence-corrected chi connectivity index (χ1v) is 8.81. The molecule has 2 N–H and O–H groups in total. The fourth-order valence-electron chi connectivity index (χ4n) is 3.71. The predicted molar refractivity (Wildman–Crippen MR) is 96.6 cm³/mol. The quantitative estimate of drug-likeness (QED) is 0.817. The van der Waals surface area contributed by atoms with E-state index >= 15 is 0 Å². The van der Waals surface area contributed by atoms with Crippen LogP contribution in [0.25, 0.3) is 11.0 Å². The summed E-state index contributed by atoms with van der Waals surface area (Å²) in [7, 11) is 0. The molecule has 0 amide bonds. The van der Waals surface area contributed by atoms with Crippen molar-refractivity contribution in [1.82, 2.24) is 15.3 Å². The zero-order valence-corrected chi connectivity index (χ0v) is 14.0. The Morgan fingerprint density at radius 2 is 2.09 bits per heavy atom. The molecule has 2 aromatic rings. The van der Waals surface area contributed by atoms with E-state index in [0.29, 0.717) is 12.5 Å². The first kappa shape index (κ1) is 16.4. The average Bonchev–Trinajstić information content (AvgIpc) is 2.79. The Balaban J connectivity index is 0.00000121. The molecule has 2 aliphatic rings. The molecular formula is C18H32FN3O. The van der Waals surface area contributed by atoms with Crippen molar-refractivity contribution in [2.45, 2.75) is 52.1 Å². The van der Waals surface area contributed by atoms with Crippen LogP contribution in [-0.4, -0.2) is 29.7 Å². The van der Waals surface area contributed by atoms with E-state index in [0.717, 1.165) is 67.7 Å². The number of halogens is 1. The van der Waals surface area contributed by atoms with Gasteiger partial charge < -0.3 is 15.0 Å². The second-order valence-corrected chi connectivity index (χ2v) is 6.01. The Labute approximate surface area is 141 Å². The van der Waals surface area contributed by atoms with Crippen molar-refractivity contribution in [3.8, 4) is 0 Å². The Bertz CT molecular complexity index is 675. The van der Waals surface area contributed by atoms with Crippen LogP contribution in [0.15, 0.2) is 6.20 Å². The fourth-order valence-corrected chi connectivity index (χ4v) is 3.71. The van der Waals surface area contributed by atoms with E-state index in [1.807, 2.05) is 13.8 Å². The van der Waals surface area contributed by atoms with Gasteiger partial charge in [-0.2, -0.15) is 0 Å². The number of nitrogens with one attached hydrogen (secondary N) is 2. The van der Waals surface area contributed by atoms with Crippen molar-refractivity contribution < 1.29 is 13.4 Å². The smallest absolute Gasteiger partial charge is 0.145 e. The minimum atomic E-state index is -0.152. The lowest BCUT2D eigenvalue weighted by Crippen LogP contribution is -2.27. The van der Waals surface area contributed by atoms with Gasteiger partial charge in [0.2, 0.25) is 0 Å². The van der Waals surface area contributed by atoms with Crippen LogP contribution in [0.2, 0.25) is 0 Å². The highest BCUT2D eigenvalue weighted by Crippen LogP contribution is 2.36. The molecule has 132 valence electrons. The van der Waals surface area contributed by atoms with Gasteiger partial charge in [-0.25, -0.2) is 9.37 Å². The van der Waals surface area contributed by atoms with Crippen LogP contribution in [0, 0.1) is 5.82 Å². The van der Waals surface area contributed by atoms with Gasteiger partial charge in [-0.05, 0) is 50.3 Å². The van der Waals surface area contributed by atoms with Crippen LogP contribution in [0.5, 0.6) is 0 Å². The lowest BCUT2D eigenvalue weighted by molar-refractivity contribution is 0.123. The number of pyridine rings is 1. The lowest BCUT2D eigenvalue weighted by Gasteiger charge is -2.24. The van der Waals surface area contributed by atoms with Crippen molar-refractivity contribution in [3.05, 3.63) is 28.8 Å². The SMILES string of the molecule is CC.Fc1cnc2[nH]c3c(c2c1C1CCNCC1)CCCOC3.[HH].[HH].[HH]. The predicted octanol–water partition coefficient (Wildman–Crippen LogP) is 4.40. The molecule has 0 spiro atoms. The summed E-state index contributed by atoms with van der Waals surface area (Å²) in [6.07, 6.45) is 5.29. The van der Waals surface area contributed by atoms with Gasteiger partial charge in [-0.3, -0.25) is 0 Å². The molecule has 2 aliphatic heterocycles. The van der Waals surface area contributed by atoms with E-state index in [4.69, 9.17) is 4.74 Å². The van der Waals surface area contributed by atoms with Gasteiger partial charge in [-0.15, -0.1) is 0 Å². The molecule has 0 aromatic carbocycles. The van der Waals surface area contributed by atoms with Gasteiger partial charge in [-0.1, -0.05) is 13.8 Å². The molecular weight excluding hydrogens is 293 g/mol. The molecule has 0 radical (unpaired) electrons. The Hall–Kier alpha value is -1.46. The molecule has 0 bridgehead atoms. The van der Waals surface area contributed by atoms with Gasteiger partial charge in [0.25, 0.3) is 0 Å². The Morgan fingerprint density at radius 3 is 2.87 bits per heavy atom. The highest BCUT2D eigenvalue weighted by atomic mass is 19.1. The molecule has 0 unspecified atom stereocenters. The van der Waals surface area contributed by atoms with E-state index in [2.05, 4.69) is 15.3 Å². The van der Waals surface area contributed by atoms with E-state index in [9.17, 15) is 4.39 Å². The largest absolute Gasteiger partial charge is 0.375 e. The van der Waals surface area contributed by atoms with Gasteiger partial charge in [0.05, 0.1) is 12.8 Å². The first-order valence-electron chi connectivity index (χ1n) is 8.81. The van der Waals surface area contributed by atoms with Crippen molar-refractivity contribution in [3.63, 3.8) is 0 Å². The molecule has 1 fully saturated rings. The van der Waals surface area contributed by atoms with Gasteiger partial charge in [0.1, 0.15) is 11.5 Å². The maximum atomic E-state index is 14.5. The first-order chi connectivity index (χ1) is 11.3. The van der Waals surface area contributed by atoms with Crippen LogP contribution < -0.4 is 5.32 Å². The topological polar surface area (TPSA) is 49.9 Å². The number of fused-ring (bicyclic) bond motifs is 3. The second-order valence-electron chi connectivity index (χ2n) is 6.01. The molecule has 4 rings (SSSR count). The van der Waals surface area contributed by atoms with Gasteiger partial charge in [0, 0.05) is 27.5 Å². The summed E-state index contributed by atoms with van der Waals surface area (Å²) in [4.78, 5) is 7.61. The summed E-state index contributed by atoms with van der Waals surface area (Å²) >= 11 is 0. The maximum Gasteiger partial charge on any atom is 0.145 e. The molecule has 5 heteroatoms. The highest BCUT2D eigenvalue weighted by Gasteiger charge is 2.26. The third kappa shape index (κ3) is 3.12. The van der Waals surface area contributed by atoms with Crippen molar-refractivity contribution in [2.75, 3.05) is 19.7 Å². The van der Waals surface area contributed by atoms with Gasteiger partial charge in [0.15, 0.2) is 0 Å². The zero-order chi connectivity index (χ0) is 16.2. The van der Waals surface area contributed by atoms with E-state index in [1.54, 1.807) is 0 Å². The van der Waals surface area contributed by atoms with E-state index in [-0.39, 0.29) is 10.1 Å². The number of piperidine rings is 1. The van der Waals surface area contributed by atoms with E-state index in [1.165, 1.54) is 11.8 Å². The van der Waals surface area contributed by atoms with Crippen molar-refractivity contribution in [1.29, 1.82) is 0 Å². The Kier molecular flexibility index (Phi) is 5.28. The summed E-state index contributed by atoms with van der Waals surface area (Å²) in [5.41, 5.74) is 4.00. The lowest BCUT2D eigenvalue weighted by atomic mass is 9.87. The summed E-state index contributed by atoms with van der Waals surface area (Å²) in [6.45, 7) is 7.28. The number of nitrogens with zero attached hydrogens (tertiary/aromatic N) is 1. The minimum Gasteiger partial charge on any atom is -0.375 e. The van der Waals surface area contributed by atoms with Crippen LogP contribution in [0.1, 0.15) is 60.1 Å². The highest BCUT2D eigenvalue weighted by molar-refractivity contribution is 5.85. The standard InChI is InChI=1S/C16H20FN3O.C2H6.3H2/c17-12-8-19-16-15(14(12)10-3-5-18-6-4-10)11-2-1-7-21-9-13(11)20-16;1-2;;;/h8,10,18H,1-7,9H2,(H,19,20);1-2H3;3*1H. The number of H-pyrrole nitrogens is 1. The molecule has 0 atom stereocenters. The molecule has 4 heterocycles. The molecule has 4 nitrogen and oxygen atoms in total. The monoisotopic (exact) mass is 325 g/mol. The number of aryl methyl sites for hydroxylation is 1. The summed E-state index contributed by atoms with van der Waals surface area (Å²) in [5, 5.41) is 4.38. The summed E-state index contributed by atoms with van der Waals surface area (Å²) < 4.78 is 20.1. The van der Waals surface area contributed by atoms with Crippen LogP contribution in [-0.2, 0) is 17.8 Å². The third-order valence-corrected chi connectivity index (χ3v) is 4.72. The molecule has 0 saturated carbocycles. The molecule has 0 aliphatic carbocycles. The summed E-state index contributed by atoms with van der Waals surface area (Å²) in [5.74, 6) is 0.141. The van der Waals surface area contributed by atoms with Gasteiger partial charge >= 0.3 is 0 Å². The second kappa shape index (κ2) is 7.41. The minimum absolute atomic E-state index is 0. The molecule has 2 aromatic heterocycles. The number of hydrogen-bond donors (Lipinski definition) is 2. The fraction of sp³-hybridized carbons (Fsp3) is 0.611. The van der Waals surface area contributed by atoms with Crippen LogP contribution in [0.3, 0.4) is 0 Å². The number of aromatic amines is 1. The van der Waals surface area contributed by atoms with Crippen LogP contribution in [0.4, 0.5) is 4.39 Å². The van der Waals surface area contributed by atoms with Crippen LogP contribution >= 0.6 is 0 Å². The van der Waals surface area contributed by atoms with Crippen molar-refractivity contribution >= 4 is 11.0 Å². The average molecular weight is 325 g/mol. The third-order valence-electron chi connectivity index (χ3n) is 4.72. The number of ether oxygens (including phenoxy) is 1. The summed E-state index contributed by atoms with van der Waals surface area (Å²) in [6, 6.07) is 0. The number of hydrogen-bond acceptors (Lipinski definition) is 3. The normalized spacial score (nSPS) is 18.9. The Morgan fingerprint density at radius 1 is 1.30 bits per heavy atom. The van der Waals surface area contributed by atoms with Crippen molar-refractivity contribution in [2.24, 2.45) is 0 Å².